The van der Waals surface area contributed by atoms with E-state index in [0.29, 0.717) is 11.5 Å². The van der Waals surface area contributed by atoms with Crippen molar-refractivity contribution in [3.63, 3.8) is 0 Å². The second kappa shape index (κ2) is 7.74. The van der Waals surface area contributed by atoms with Gasteiger partial charge in [-0.2, -0.15) is 13.2 Å². The number of nitrogens with one attached hydrogen (secondary N) is 1. The molecule has 0 aliphatic carbocycles. The molecule has 0 aromatic heterocycles. The Bertz CT molecular complexity index is 780. The summed E-state index contributed by atoms with van der Waals surface area (Å²) in [5.41, 5.74) is 0.513. The molecule has 0 spiro atoms. The van der Waals surface area contributed by atoms with Gasteiger partial charge < -0.3 is 5.32 Å². The van der Waals surface area contributed by atoms with Crippen LogP contribution in [0.5, 0.6) is 0 Å². The lowest BCUT2D eigenvalue weighted by atomic mass is 10.0. The van der Waals surface area contributed by atoms with Crippen molar-refractivity contribution in [1.82, 2.24) is 0 Å². The number of benzene rings is 2. The van der Waals surface area contributed by atoms with Crippen molar-refractivity contribution in [3.8, 4) is 0 Å². The van der Waals surface area contributed by atoms with Crippen molar-refractivity contribution < 1.29 is 18.0 Å². The fourth-order valence-electron chi connectivity index (χ4n) is 2.21. The maximum atomic E-state index is 13.0. The Morgan fingerprint density at radius 1 is 1.12 bits per heavy atom. The Kier molecular flexibility index (Phi) is 5.90. The van der Waals surface area contributed by atoms with Crippen molar-refractivity contribution in [2.45, 2.75) is 25.9 Å². The summed E-state index contributed by atoms with van der Waals surface area (Å²) in [6.45, 7) is 4.09. The van der Waals surface area contributed by atoms with Crippen LogP contribution < -0.4 is 5.32 Å². The number of rotatable bonds is 5. The summed E-state index contributed by atoms with van der Waals surface area (Å²) in [6.07, 6.45) is -2.16. The van der Waals surface area contributed by atoms with Gasteiger partial charge in [-0.05, 0) is 29.7 Å². The third-order valence-electron chi connectivity index (χ3n) is 3.62. The first-order valence-electron chi connectivity index (χ1n) is 7.62. The number of carbonyl (C=O) groups excluding carboxylic acids is 1. The van der Waals surface area contributed by atoms with Gasteiger partial charge in [0.15, 0.2) is 5.78 Å². The number of ketones is 1. The van der Waals surface area contributed by atoms with Gasteiger partial charge in [0, 0.05) is 22.9 Å². The van der Waals surface area contributed by atoms with Crippen molar-refractivity contribution in [2.24, 2.45) is 0 Å². The Labute approximate surface area is 149 Å². The molecule has 0 radical (unpaired) electrons. The average Bonchev–Trinajstić information content (AvgIpc) is 2.55. The van der Waals surface area contributed by atoms with Crippen LogP contribution in [0.1, 0.15) is 41.3 Å². The van der Waals surface area contributed by atoms with E-state index in [1.54, 1.807) is 12.1 Å². The van der Waals surface area contributed by atoms with E-state index in [9.17, 15) is 18.0 Å². The molecule has 0 fully saturated rings. The molecule has 6 heteroatoms. The van der Waals surface area contributed by atoms with Crippen LogP contribution in [-0.2, 0) is 6.18 Å². The predicted molar refractivity (Wildman–Crippen MR) is 94.1 cm³/mol. The molecule has 0 saturated carbocycles. The third kappa shape index (κ3) is 5.10. The Morgan fingerprint density at radius 3 is 2.32 bits per heavy atom. The van der Waals surface area contributed by atoms with Gasteiger partial charge in [0.1, 0.15) is 0 Å². The molecule has 0 heterocycles. The summed E-state index contributed by atoms with van der Waals surface area (Å²) < 4.78 is 39.0. The zero-order valence-corrected chi connectivity index (χ0v) is 14.4. The number of hydrogen-bond acceptors (Lipinski definition) is 2. The maximum absolute atomic E-state index is 13.0. The number of halogens is 4. The summed E-state index contributed by atoms with van der Waals surface area (Å²) in [4.78, 5) is 12.1. The van der Waals surface area contributed by atoms with Crippen molar-refractivity contribution in [3.05, 3.63) is 76.5 Å². The lowest BCUT2D eigenvalue weighted by Crippen LogP contribution is -2.08. The second-order valence-electron chi connectivity index (χ2n) is 5.81. The predicted octanol–water partition coefficient (Wildman–Crippen LogP) is 6.29. The van der Waals surface area contributed by atoms with Crippen LogP contribution in [0, 0.1) is 0 Å². The molecule has 0 bridgehead atoms. The monoisotopic (exact) mass is 367 g/mol. The van der Waals surface area contributed by atoms with E-state index in [-0.39, 0.29) is 16.5 Å². The molecule has 0 aliphatic rings. The highest BCUT2D eigenvalue weighted by molar-refractivity contribution is 6.30. The summed E-state index contributed by atoms with van der Waals surface area (Å²) in [5, 5.41) is 2.49. The second-order valence-corrected chi connectivity index (χ2v) is 6.24. The van der Waals surface area contributed by atoms with E-state index in [1.807, 2.05) is 26.0 Å². The van der Waals surface area contributed by atoms with Gasteiger partial charge in [0.2, 0.25) is 0 Å². The van der Waals surface area contributed by atoms with Crippen LogP contribution in [0.3, 0.4) is 0 Å². The molecule has 1 N–H and O–H groups in total. The van der Waals surface area contributed by atoms with Gasteiger partial charge in [-0.1, -0.05) is 49.7 Å². The smallest absolute Gasteiger partial charge is 0.361 e. The highest BCUT2D eigenvalue weighted by atomic mass is 35.5. The lowest BCUT2D eigenvalue weighted by molar-refractivity contribution is -0.136. The first-order valence-corrected chi connectivity index (χ1v) is 8.00. The summed E-state index contributed by atoms with van der Waals surface area (Å²) in [6, 6.07) is 10.5. The van der Waals surface area contributed by atoms with Crippen LogP contribution in [-0.4, -0.2) is 5.78 Å². The van der Waals surface area contributed by atoms with E-state index in [4.69, 9.17) is 11.6 Å². The fraction of sp³-hybridized carbons (Fsp3) is 0.211. The molecular formula is C19H17ClF3NO. The maximum Gasteiger partial charge on any atom is 0.418 e. The van der Waals surface area contributed by atoms with E-state index in [0.717, 1.165) is 11.6 Å². The number of carbonyl (C=O) groups is 1. The SMILES string of the molecule is CC(C)c1ccc(C(=O)/C=C/Nc2ccc(Cl)cc2C(F)(F)F)cc1. The summed E-state index contributed by atoms with van der Waals surface area (Å²) in [7, 11) is 0. The first kappa shape index (κ1) is 19.1. The fourth-order valence-corrected chi connectivity index (χ4v) is 2.38. The number of hydrogen-bond donors (Lipinski definition) is 1. The standard InChI is InChI=1S/C19H17ClF3NO/c1-12(2)13-3-5-14(6-4-13)18(25)9-10-24-17-8-7-15(20)11-16(17)19(21,22)23/h3-12,24H,1-2H3/b10-9+. The zero-order valence-electron chi connectivity index (χ0n) is 13.7. The van der Waals surface area contributed by atoms with Crippen LogP contribution in [0.15, 0.2) is 54.7 Å². The highest BCUT2D eigenvalue weighted by Crippen LogP contribution is 2.36. The van der Waals surface area contributed by atoms with Crippen molar-refractivity contribution in [2.75, 3.05) is 5.32 Å². The Morgan fingerprint density at radius 2 is 1.76 bits per heavy atom. The van der Waals surface area contributed by atoms with Crippen LogP contribution in [0.25, 0.3) is 0 Å². The molecule has 0 saturated heterocycles. The molecule has 0 aliphatic heterocycles. The minimum Gasteiger partial charge on any atom is -0.361 e. The molecule has 25 heavy (non-hydrogen) atoms. The number of alkyl halides is 3. The molecule has 2 nitrogen and oxygen atoms in total. The molecule has 0 unspecified atom stereocenters. The third-order valence-corrected chi connectivity index (χ3v) is 3.86. The van der Waals surface area contributed by atoms with E-state index < -0.39 is 11.7 Å². The van der Waals surface area contributed by atoms with Gasteiger partial charge in [0.05, 0.1) is 11.3 Å². The van der Waals surface area contributed by atoms with Gasteiger partial charge in [0.25, 0.3) is 0 Å². The summed E-state index contributed by atoms with van der Waals surface area (Å²) >= 11 is 5.62. The number of allylic oxidation sites excluding steroid dienone is 1. The largest absolute Gasteiger partial charge is 0.418 e. The topological polar surface area (TPSA) is 29.1 Å². The summed E-state index contributed by atoms with van der Waals surface area (Å²) in [5.74, 6) is 0.0531. The van der Waals surface area contributed by atoms with Gasteiger partial charge in [-0.25, -0.2) is 0 Å². The van der Waals surface area contributed by atoms with Gasteiger partial charge >= 0.3 is 6.18 Å². The van der Waals surface area contributed by atoms with Crippen LogP contribution >= 0.6 is 11.6 Å². The van der Waals surface area contributed by atoms with Gasteiger partial charge in [-0.3, -0.25) is 4.79 Å². The minimum absolute atomic E-state index is 0.0110. The molecule has 2 aromatic carbocycles. The van der Waals surface area contributed by atoms with Crippen LogP contribution in [0.4, 0.5) is 18.9 Å². The minimum atomic E-state index is -4.54. The van der Waals surface area contributed by atoms with E-state index in [1.165, 1.54) is 24.4 Å². The van der Waals surface area contributed by atoms with Gasteiger partial charge in [-0.15, -0.1) is 0 Å². The molecule has 0 amide bonds. The Balaban J connectivity index is 2.12. The molecular weight excluding hydrogens is 351 g/mol. The molecule has 0 atom stereocenters. The normalized spacial score (nSPS) is 12.0. The van der Waals surface area contributed by atoms with Crippen molar-refractivity contribution >= 4 is 23.1 Å². The highest BCUT2D eigenvalue weighted by Gasteiger charge is 2.33. The Hall–Kier alpha value is -2.27. The zero-order chi connectivity index (χ0) is 18.6. The quantitative estimate of drug-likeness (QED) is 0.497. The van der Waals surface area contributed by atoms with Crippen molar-refractivity contribution in [1.29, 1.82) is 0 Å². The van der Waals surface area contributed by atoms with E-state index in [2.05, 4.69) is 5.32 Å². The molecule has 132 valence electrons. The molecule has 2 rings (SSSR count). The average molecular weight is 368 g/mol. The first-order chi connectivity index (χ1) is 11.7. The molecule has 2 aromatic rings. The number of anilines is 1. The van der Waals surface area contributed by atoms with Crippen LogP contribution in [0.2, 0.25) is 5.02 Å². The lowest BCUT2D eigenvalue weighted by Gasteiger charge is -2.12. The van der Waals surface area contributed by atoms with E-state index >= 15 is 0 Å².